The van der Waals surface area contributed by atoms with Gasteiger partial charge in [0.05, 0.1) is 10.0 Å². The summed E-state index contributed by atoms with van der Waals surface area (Å²) in [5.74, 6) is 0. The van der Waals surface area contributed by atoms with Crippen LogP contribution in [0.3, 0.4) is 0 Å². The van der Waals surface area contributed by atoms with Gasteiger partial charge < -0.3 is 5.32 Å². The van der Waals surface area contributed by atoms with Crippen molar-refractivity contribution in [3.8, 4) is 10.6 Å². The molecular weight excluding hydrogens is 289 g/mol. The average Bonchev–Trinajstić information content (AvgIpc) is 3.08. The molecule has 1 N–H and O–H groups in total. The van der Waals surface area contributed by atoms with Crippen LogP contribution in [0.2, 0.25) is 10.0 Å². The molecule has 1 fully saturated rings. The fraction of sp³-hybridized carbons (Fsp3) is 0.333. The highest BCUT2D eigenvalue weighted by molar-refractivity contribution is 7.14. The summed E-state index contributed by atoms with van der Waals surface area (Å²) in [5, 5.41) is 14.6. The monoisotopic (exact) mass is 299 g/mol. The Labute approximate surface area is 119 Å². The zero-order valence-corrected chi connectivity index (χ0v) is 11.8. The van der Waals surface area contributed by atoms with Crippen LogP contribution in [0.25, 0.3) is 10.6 Å². The van der Waals surface area contributed by atoms with Gasteiger partial charge >= 0.3 is 0 Å². The highest BCUT2D eigenvalue weighted by Gasteiger charge is 2.21. The molecular formula is C12H11Cl2N3S. The number of benzene rings is 1. The molecule has 1 aliphatic carbocycles. The Hall–Kier alpha value is -0.680. The normalized spacial score (nSPS) is 15.0. The molecule has 1 aliphatic rings. The van der Waals surface area contributed by atoms with E-state index >= 15 is 0 Å². The molecule has 2 aromatic rings. The van der Waals surface area contributed by atoms with Gasteiger partial charge in [-0.15, -0.1) is 10.2 Å². The fourth-order valence-electron chi connectivity index (χ4n) is 1.62. The van der Waals surface area contributed by atoms with Crippen LogP contribution in [-0.2, 0) is 6.54 Å². The first-order valence-corrected chi connectivity index (χ1v) is 7.31. The number of nitrogens with zero attached hydrogens (tertiary/aromatic N) is 2. The first-order chi connectivity index (χ1) is 8.74. The fourth-order valence-corrected chi connectivity index (χ4v) is 2.89. The van der Waals surface area contributed by atoms with Crippen LogP contribution < -0.4 is 5.32 Å². The van der Waals surface area contributed by atoms with E-state index in [0.717, 1.165) is 22.1 Å². The van der Waals surface area contributed by atoms with E-state index in [1.54, 1.807) is 17.4 Å². The minimum absolute atomic E-state index is 0.539. The largest absolute Gasteiger partial charge is 0.308 e. The maximum Gasteiger partial charge on any atom is 0.149 e. The second-order valence-corrected chi connectivity index (χ2v) is 6.10. The predicted molar refractivity (Wildman–Crippen MR) is 75.2 cm³/mol. The molecule has 0 atom stereocenters. The standard InChI is InChI=1S/C12H11Cl2N3S/c13-9-3-1-2-8(11(9)14)12-17-16-10(18-12)6-15-7-4-5-7/h1-3,7,15H,4-6H2. The highest BCUT2D eigenvalue weighted by Crippen LogP contribution is 2.34. The molecule has 3 nitrogen and oxygen atoms in total. The number of hydrogen-bond acceptors (Lipinski definition) is 4. The van der Waals surface area contributed by atoms with Crippen molar-refractivity contribution in [1.29, 1.82) is 0 Å². The summed E-state index contributed by atoms with van der Waals surface area (Å²) in [7, 11) is 0. The molecule has 1 aromatic heterocycles. The van der Waals surface area contributed by atoms with E-state index in [0.29, 0.717) is 16.1 Å². The van der Waals surface area contributed by atoms with E-state index < -0.39 is 0 Å². The van der Waals surface area contributed by atoms with Crippen LogP contribution in [0.5, 0.6) is 0 Å². The van der Waals surface area contributed by atoms with Crippen molar-refractivity contribution in [3.05, 3.63) is 33.3 Å². The van der Waals surface area contributed by atoms with Crippen molar-refractivity contribution in [1.82, 2.24) is 15.5 Å². The van der Waals surface area contributed by atoms with Crippen molar-refractivity contribution in [2.45, 2.75) is 25.4 Å². The smallest absolute Gasteiger partial charge is 0.149 e. The number of rotatable bonds is 4. The molecule has 0 bridgehead atoms. The summed E-state index contributed by atoms with van der Waals surface area (Å²) in [6.07, 6.45) is 2.54. The lowest BCUT2D eigenvalue weighted by Crippen LogP contribution is -2.14. The van der Waals surface area contributed by atoms with E-state index in [4.69, 9.17) is 23.2 Å². The molecule has 3 rings (SSSR count). The van der Waals surface area contributed by atoms with Gasteiger partial charge in [-0.3, -0.25) is 0 Å². The zero-order valence-electron chi connectivity index (χ0n) is 9.49. The van der Waals surface area contributed by atoms with Crippen molar-refractivity contribution in [2.75, 3.05) is 0 Å². The number of aromatic nitrogens is 2. The van der Waals surface area contributed by atoms with Crippen LogP contribution in [0.4, 0.5) is 0 Å². The Morgan fingerprint density at radius 2 is 2.11 bits per heavy atom. The summed E-state index contributed by atoms with van der Waals surface area (Å²) in [6.45, 7) is 0.778. The Morgan fingerprint density at radius 1 is 1.28 bits per heavy atom. The van der Waals surface area contributed by atoms with Gasteiger partial charge in [0.1, 0.15) is 10.0 Å². The van der Waals surface area contributed by atoms with Gasteiger partial charge in [0.15, 0.2) is 0 Å². The van der Waals surface area contributed by atoms with Gasteiger partial charge in [-0.1, -0.05) is 46.7 Å². The molecule has 0 aliphatic heterocycles. The lowest BCUT2D eigenvalue weighted by Gasteiger charge is -2.00. The summed E-state index contributed by atoms with van der Waals surface area (Å²) >= 11 is 13.7. The Bertz CT molecular complexity index is 566. The maximum absolute atomic E-state index is 6.17. The SMILES string of the molecule is Clc1cccc(-c2nnc(CNC3CC3)s2)c1Cl. The van der Waals surface area contributed by atoms with Gasteiger partial charge in [0.2, 0.25) is 0 Å². The van der Waals surface area contributed by atoms with Gasteiger partial charge in [-0.2, -0.15) is 0 Å². The second kappa shape index (κ2) is 5.13. The number of halogens is 2. The van der Waals surface area contributed by atoms with Crippen LogP contribution >= 0.6 is 34.5 Å². The molecule has 0 radical (unpaired) electrons. The van der Waals surface area contributed by atoms with Gasteiger partial charge in [-0.25, -0.2) is 0 Å². The van der Waals surface area contributed by atoms with E-state index in [1.165, 1.54) is 12.8 Å². The summed E-state index contributed by atoms with van der Waals surface area (Å²) in [5.41, 5.74) is 0.847. The molecule has 0 saturated heterocycles. The third kappa shape index (κ3) is 2.67. The average molecular weight is 300 g/mol. The third-order valence-electron chi connectivity index (χ3n) is 2.77. The molecule has 0 spiro atoms. The summed E-state index contributed by atoms with van der Waals surface area (Å²) in [4.78, 5) is 0. The molecule has 0 amide bonds. The molecule has 94 valence electrons. The first-order valence-electron chi connectivity index (χ1n) is 5.74. The summed E-state index contributed by atoms with van der Waals surface area (Å²) < 4.78 is 0. The van der Waals surface area contributed by atoms with Crippen molar-refractivity contribution in [3.63, 3.8) is 0 Å². The van der Waals surface area contributed by atoms with Gasteiger partial charge in [-0.05, 0) is 18.9 Å². The van der Waals surface area contributed by atoms with Crippen molar-refractivity contribution < 1.29 is 0 Å². The molecule has 1 heterocycles. The van der Waals surface area contributed by atoms with E-state index in [2.05, 4.69) is 15.5 Å². The lowest BCUT2D eigenvalue weighted by molar-refractivity contribution is 0.679. The summed E-state index contributed by atoms with van der Waals surface area (Å²) in [6, 6.07) is 6.22. The minimum atomic E-state index is 0.539. The Kier molecular flexibility index (Phi) is 3.52. The van der Waals surface area contributed by atoms with Crippen LogP contribution in [0, 0.1) is 0 Å². The highest BCUT2D eigenvalue weighted by atomic mass is 35.5. The Morgan fingerprint density at radius 3 is 2.89 bits per heavy atom. The van der Waals surface area contributed by atoms with Crippen LogP contribution in [-0.4, -0.2) is 16.2 Å². The lowest BCUT2D eigenvalue weighted by atomic mass is 10.2. The maximum atomic E-state index is 6.17. The molecule has 18 heavy (non-hydrogen) atoms. The predicted octanol–water partition coefficient (Wildman–Crippen LogP) is 3.76. The van der Waals surface area contributed by atoms with Crippen molar-refractivity contribution in [2.24, 2.45) is 0 Å². The number of hydrogen-bond donors (Lipinski definition) is 1. The third-order valence-corrected chi connectivity index (χ3v) is 4.54. The van der Waals surface area contributed by atoms with Gasteiger partial charge in [0, 0.05) is 18.2 Å². The molecule has 0 unspecified atom stereocenters. The number of nitrogens with one attached hydrogen (secondary N) is 1. The zero-order chi connectivity index (χ0) is 12.5. The molecule has 1 aromatic carbocycles. The van der Waals surface area contributed by atoms with E-state index in [1.807, 2.05) is 12.1 Å². The van der Waals surface area contributed by atoms with Crippen molar-refractivity contribution >= 4 is 34.5 Å². The molecule has 6 heteroatoms. The second-order valence-electron chi connectivity index (χ2n) is 4.26. The first kappa shape index (κ1) is 12.4. The van der Waals surface area contributed by atoms with Gasteiger partial charge in [0.25, 0.3) is 0 Å². The Balaban J connectivity index is 1.80. The van der Waals surface area contributed by atoms with Crippen LogP contribution in [0.15, 0.2) is 18.2 Å². The van der Waals surface area contributed by atoms with Crippen LogP contribution in [0.1, 0.15) is 17.8 Å². The topological polar surface area (TPSA) is 37.8 Å². The minimum Gasteiger partial charge on any atom is -0.308 e. The van der Waals surface area contributed by atoms with E-state index in [-0.39, 0.29) is 0 Å². The quantitative estimate of drug-likeness (QED) is 0.934. The van der Waals surface area contributed by atoms with E-state index in [9.17, 15) is 0 Å². The molecule has 1 saturated carbocycles.